The second-order valence-corrected chi connectivity index (χ2v) is 9.39. The number of hydrogen-bond acceptors (Lipinski definition) is 7. The lowest BCUT2D eigenvalue weighted by molar-refractivity contribution is 0.120. The molecule has 35 heavy (non-hydrogen) atoms. The molecule has 0 radical (unpaired) electrons. The first kappa shape index (κ1) is 23.3. The number of anilines is 1. The van der Waals surface area contributed by atoms with E-state index in [9.17, 15) is 24.7 Å². The minimum Gasteiger partial charge on any atom is -0.475 e. The number of pyridine rings is 1. The highest BCUT2D eigenvalue weighted by atomic mass is 35.5. The number of hydrogen-bond donors (Lipinski definition) is 3. The predicted octanol–water partition coefficient (Wildman–Crippen LogP) is 5.66. The molecule has 178 valence electrons. The first-order valence-corrected chi connectivity index (χ1v) is 11.7. The molecule has 4 aromatic rings. The minimum atomic E-state index is -1.36. The van der Waals surface area contributed by atoms with Crippen LogP contribution < -0.4 is 10.1 Å². The number of aliphatic hydroxyl groups excluding tert-OH is 1. The SMILES string of the molecule is CC(O)COc1ccc2c3c(c(-c4ccc(F)c5sc(NC(=O)O)c(C#N)c45)c(Cl)c2n1)COC3. The van der Waals surface area contributed by atoms with Crippen molar-refractivity contribution in [3.8, 4) is 23.1 Å². The van der Waals surface area contributed by atoms with Gasteiger partial charge in [0.15, 0.2) is 0 Å². The fraction of sp³-hybridized carbons (Fsp3) is 0.208. The number of benzene rings is 2. The summed E-state index contributed by atoms with van der Waals surface area (Å²) in [5.74, 6) is -0.309. The molecular formula is C24H17ClFN3O5S. The van der Waals surface area contributed by atoms with Gasteiger partial charge in [-0.15, -0.1) is 11.3 Å². The van der Waals surface area contributed by atoms with Gasteiger partial charge < -0.3 is 19.7 Å². The van der Waals surface area contributed by atoms with Gasteiger partial charge in [-0.2, -0.15) is 5.26 Å². The number of thiophene rings is 1. The fourth-order valence-corrected chi connectivity index (χ4v) is 5.67. The number of carboxylic acid groups (broad SMARTS) is 1. The lowest BCUT2D eigenvalue weighted by Crippen LogP contribution is -2.13. The molecule has 1 amide bonds. The van der Waals surface area contributed by atoms with Crippen LogP contribution in [0.1, 0.15) is 23.6 Å². The monoisotopic (exact) mass is 513 g/mol. The first-order chi connectivity index (χ1) is 16.8. The smallest absolute Gasteiger partial charge is 0.409 e. The average molecular weight is 514 g/mol. The Morgan fingerprint density at radius 1 is 1.37 bits per heavy atom. The molecule has 1 unspecified atom stereocenters. The van der Waals surface area contributed by atoms with Crippen molar-refractivity contribution < 1.29 is 28.9 Å². The van der Waals surface area contributed by atoms with Gasteiger partial charge in [0.25, 0.3) is 0 Å². The highest BCUT2D eigenvalue weighted by Gasteiger charge is 2.28. The van der Waals surface area contributed by atoms with Crippen LogP contribution >= 0.6 is 22.9 Å². The average Bonchev–Trinajstić information content (AvgIpc) is 3.44. The van der Waals surface area contributed by atoms with E-state index in [-0.39, 0.29) is 44.8 Å². The molecule has 0 bridgehead atoms. The lowest BCUT2D eigenvalue weighted by Gasteiger charge is -2.16. The van der Waals surface area contributed by atoms with E-state index in [1.807, 2.05) is 12.1 Å². The minimum absolute atomic E-state index is 0.00713. The summed E-state index contributed by atoms with van der Waals surface area (Å²) in [4.78, 5) is 15.8. The van der Waals surface area contributed by atoms with Crippen molar-refractivity contribution in [3.05, 3.63) is 51.8 Å². The first-order valence-electron chi connectivity index (χ1n) is 10.5. The number of halogens is 2. The summed E-state index contributed by atoms with van der Waals surface area (Å²) in [6.45, 7) is 2.22. The number of ether oxygens (including phenoxy) is 2. The summed E-state index contributed by atoms with van der Waals surface area (Å²) < 4.78 is 26.2. The molecule has 2 aromatic heterocycles. The number of rotatable bonds is 5. The fourth-order valence-electron chi connectivity index (χ4n) is 4.23. The van der Waals surface area contributed by atoms with Gasteiger partial charge in [-0.1, -0.05) is 17.7 Å². The topological polar surface area (TPSA) is 125 Å². The molecule has 5 rings (SSSR count). The van der Waals surface area contributed by atoms with Gasteiger partial charge >= 0.3 is 6.09 Å². The number of nitriles is 1. The third-order valence-corrected chi connectivity index (χ3v) is 7.13. The number of carbonyl (C=O) groups is 1. The van der Waals surface area contributed by atoms with Crippen LogP contribution in [0.2, 0.25) is 5.02 Å². The molecule has 0 fully saturated rings. The number of amides is 1. The molecule has 2 aromatic carbocycles. The van der Waals surface area contributed by atoms with Crippen molar-refractivity contribution in [2.24, 2.45) is 0 Å². The number of aromatic nitrogens is 1. The maximum absolute atomic E-state index is 14.8. The van der Waals surface area contributed by atoms with Gasteiger partial charge in [-0.05, 0) is 35.7 Å². The summed E-state index contributed by atoms with van der Waals surface area (Å²) in [7, 11) is 0. The van der Waals surface area contributed by atoms with Crippen LogP contribution in [-0.4, -0.2) is 34.0 Å². The molecule has 0 spiro atoms. The van der Waals surface area contributed by atoms with E-state index in [1.54, 1.807) is 13.0 Å². The normalized spacial score (nSPS) is 13.6. The maximum Gasteiger partial charge on any atom is 0.409 e. The van der Waals surface area contributed by atoms with E-state index in [2.05, 4.69) is 10.3 Å². The largest absolute Gasteiger partial charge is 0.475 e. The molecule has 1 aliphatic heterocycles. The zero-order valence-corrected chi connectivity index (χ0v) is 19.8. The van der Waals surface area contributed by atoms with Crippen LogP contribution in [-0.2, 0) is 18.0 Å². The van der Waals surface area contributed by atoms with Crippen LogP contribution in [0.3, 0.4) is 0 Å². The Balaban J connectivity index is 1.82. The zero-order valence-electron chi connectivity index (χ0n) is 18.2. The van der Waals surface area contributed by atoms with Gasteiger partial charge in [0.2, 0.25) is 5.88 Å². The summed E-state index contributed by atoms with van der Waals surface area (Å²) in [5, 5.41) is 32.1. The van der Waals surface area contributed by atoms with E-state index in [1.165, 1.54) is 12.1 Å². The molecular weight excluding hydrogens is 497 g/mol. The summed E-state index contributed by atoms with van der Waals surface area (Å²) in [6.07, 6.45) is -2.04. The molecule has 1 aliphatic rings. The summed E-state index contributed by atoms with van der Waals surface area (Å²) in [6, 6.07) is 8.30. The zero-order chi connectivity index (χ0) is 24.9. The van der Waals surface area contributed by atoms with Crippen LogP contribution in [0.5, 0.6) is 5.88 Å². The van der Waals surface area contributed by atoms with Gasteiger partial charge in [0.1, 0.15) is 23.5 Å². The lowest BCUT2D eigenvalue weighted by atomic mass is 9.91. The van der Waals surface area contributed by atoms with Crippen molar-refractivity contribution in [2.75, 3.05) is 11.9 Å². The Morgan fingerprint density at radius 2 is 2.14 bits per heavy atom. The van der Waals surface area contributed by atoms with E-state index in [0.29, 0.717) is 23.3 Å². The van der Waals surface area contributed by atoms with Crippen molar-refractivity contribution in [1.82, 2.24) is 4.98 Å². The Labute approximate surface area is 207 Å². The Kier molecular flexibility index (Phi) is 5.94. The van der Waals surface area contributed by atoms with Gasteiger partial charge in [0.05, 0.1) is 40.1 Å². The van der Waals surface area contributed by atoms with E-state index >= 15 is 0 Å². The molecule has 1 atom stereocenters. The van der Waals surface area contributed by atoms with Crippen molar-refractivity contribution >= 4 is 55.0 Å². The second-order valence-electron chi connectivity index (χ2n) is 7.99. The molecule has 0 saturated heterocycles. The molecule has 0 saturated carbocycles. The number of nitrogens with zero attached hydrogens (tertiary/aromatic N) is 2. The van der Waals surface area contributed by atoms with Gasteiger partial charge in [-0.3, -0.25) is 5.32 Å². The quantitative estimate of drug-likeness (QED) is 0.314. The standard InChI is InChI=1S/C24H17ClFN3O5S/c1-10(30)7-34-17-5-3-11-14-8-33-9-15(14)18(20(25)21(11)28-17)12-2-4-16(26)22-19(12)13(6-27)23(35-22)29-24(31)32/h2-5,10,29-30H,7-9H2,1H3,(H,31,32). The highest BCUT2D eigenvalue weighted by molar-refractivity contribution is 7.23. The van der Waals surface area contributed by atoms with Gasteiger partial charge in [-0.25, -0.2) is 14.2 Å². The molecule has 8 nitrogen and oxygen atoms in total. The Morgan fingerprint density at radius 3 is 2.86 bits per heavy atom. The maximum atomic E-state index is 14.8. The molecule has 11 heteroatoms. The summed E-state index contributed by atoms with van der Waals surface area (Å²) in [5.41, 5.74) is 3.10. The number of fused-ring (bicyclic) bond motifs is 4. The summed E-state index contributed by atoms with van der Waals surface area (Å²) >= 11 is 7.76. The Hall–Kier alpha value is -3.49. The van der Waals surface area contributed by atoms with Crippen molar-refractivity contribution in [2.45, 2.75) is 26.2 Å². The van der Waals surface area contributed by atoms with Crippen molar-refractivity contribution in [3.63, 3.8) is 0 Å². The highest BCUT2D eigenvalue weighted by Crippen LogP contribution is 2.48. The van der Waals surface area contributed by atoms with E-state index in [4.69, 9.17) is 21.1 Å². The number of aliphatic hydroxyl groups is 1. The predicted molar refractivity (Wildman–Crippen MR) is 130 cm³/mol. The molecule has 3 heterocycles. The van der Waals surface area contributed by atoms with Crippen LogP contribution in [0, 0.1) is 17.1 Å². The van der Waals surface area contributed by atoms with Crippen LogP contribution in [0.15, 0.2) is 24.3 Å². The van der Waals surface area contributed by atoms with E-state index < -0.39 is 18.0 Å². The molecule has 0 aliphatic carbocycles. The number of nitrogens with one attached hydrogen (secondary N) is 1. The molecule has 3 N–H and O–H groups in total. The van der Waals surface area contributed by atoms with Crippen LogP contribution in [0.25, 0.3) is 32.1 Å². The Bertz CT molecular complexity index is 1560. The third kappa shape index (κ3) is 3.92. The second kappa shape index (κ2) is 8.94. The van der Waals surface area contributed by atoms with Gasteiger partial charge in [0, 0.05) is 22.4 Å². The van der Waals surface area contributed by atoms with Crippen molar-refractivity contribution in [1.29, 1.82) is 5.26 Å². The van der Waals surface area contributed by atoms with E-state index in [0.717, 1.165) is 27.8 Å². The third-order valence-electron chi connectivity index (χ3n) is 5.65. The van der Waals surface area contributed by atoms with Crippen LogP contribution in [0.4, 0.5) is 14.2 Å².